The van der Waals surface area contributed by atoms with Gasteiger partial charge in [-0.05, 0) is 44.0 Å². The first-order valence-corrected chi connectivity index (χ1v) is 12.0. The summed E-state index contributed by atoms with van der Waals surface area (Å²) in [6.07, 6.45) is 2.40. The van der Waals surface area contributed by atoms with Crippen LogP contribution in [0.15, 0.2) is 60.9 Å². The molecule has 4 rings (SSSR count). The molecule has 8 heteroatoms. The number of hydrogen-bond acceptors (Lipinski definition) is 7. The van der Waals surface area contributed by atoms with E-state index in [0.29, 0.717) is 13.0 Å². The molecule has 0 spiro atoms. The lowest BCUT2D eigenvalue weighted by atomic mass is 10.2. The molecule has 2 aromatic carbocycles. The Bertz CT molecular complexity index is 1320. The summed E-state index contributed by atoms with van der Waals surface area (Å²) in [5.74, 6) is 1.98. The number of hydrogen-bond donors (Lipinski definition) is 1. The standard InChI is InChI=1S/C28H32N4O4/c1-19(2)32-22(11-13-26(33)36-17-20-8-6-5-7-9-20)14-24-27(30-18-31-28(24)32)29-16-21-10-12-23(34-3)15-25(21)35-4/h5-10,12,14-15,18-19H,11,13,16-17H2,1-4H3,(H,29,30,31). The number of aryl methyl sites for hydroxylation is 1. The number of esters is 1. The molecule has 0 unspecified atom stereocenters. The number of ether oxygens (including phenoxy) is 3. The second-order valence-corrected chi connectivity index (χ2v) is 8.74. The lowest BCUT2D eigenvalue weighted by molar-refractivity contribution is -0.144. The highest BCUT2D eigenvalue weighted by Gasteiger charge is 2.17. The Morgan fingerprint density at radius 3 is 2.56 bits per heavy atom. The number of anilines is 1. The molecule has 8 nitrogen and oxygen atoms in total. The maximum atomic E-state index is 12.4. The highest BCUT2D eigenvalue weighted by molar-refractivity contribution is 5.88. The predicted molar refractivity (Wildman–Crippen MR) is 139 cm³/mol. The Hall–Kier alpha value is -4.07. The summed E-state index contributed by atoms with van der Waals surface area (Å²) < 4.78 is 18.4. The third-order valence-corrected chi connectivity index (χ3v) is 6.00. The normalized spacial score (nSPS) is 11.0. The maximum absolute atomic E-state index is 12.4. The van der Waals surface area contributed by atoms with Gasteiger partial charge >= 0.3 is 5.97 Å². The zero-order valence-electron chi connectivity index (χ0n) is 21.2. The van der Waals surface area contributed by atoms with Crippen LogP contribution in [0.3, 0.4) is 0 Å². The quantitative estimate of drug-likeness (QED) is 0.286. The zero-order chi connectivity index (χ0) is 25.5. The summed E-state index contributed by atoms with van der Waals surface area (Å²) in [5, 5.41) is 4.33. The van der Waals surface area contributed by atoms with Crippen LogP contribution in [0.2, 0.25) is 0 Å². The van der Waals surface area contributed by atoms with Gasteiger partial charge in [-0.25, -0.2) is 9.97 Å². The first-order valence-electron chi connectivity index (χ1n) is 12.0. The summed E-state index contributed by atoms with van der Waals surface area (Å²) in [5.41, 5.74) is 3.80. The summed E-state index contributed by atoms with van der Waals surface area (Å²) in [6, 6.07) is 17.6. The van der Waals surface area contributed by atoms with E-state index in [0.717, 1.165) is 45.2 Å². The fraction of sp³-hybridized carbons (Fsp3) is 0.321. The lowest BCUT2D eigenvalue weighted by Gasteiger charge is -2.14. The molecule has 0 atom stereocenters. The molecule has 0 amide bonds. The van der Waals surface area contributed by atoms with Crippen LogP contribution in [0.1, 0.15) is 43.1 Å². The summed E-state index contributed by atoms with van der Waals surface area (Å²) >= 11 is 0. The van der Waals surface area contributed by atoms with Gasteiger partial charge in [0.25, 0.3) is 0 Å². The molecule has 0 bridgehead atoms. The lowest BCUT2D eigenvalue weighted by Crippen LogP contribution is -2.10. The van der Waals surface area contributed by atoms with Crippen molar-refractivity contribution >= 4 is 22.8 Å². The van der Waals surface area contributed by atoms with Gasteiger partial charge in [-0.2, -0.15) is 0 Å². The Balaban J connectivity index is 1.50. The SMILES string of the molecule is COc1ccc(CNc2ncnc3c2cc(CCC(=O)OCc2ccccc2)n3C(C)C)c(OC)c1. The predicted octanol–water partition coefficient (Wildman–Crippen LogP) is 5.32. The van der Waals surface area contributed by atoms with Crippen molar-refractivity contribution in [2.45, 2.75) is 45.9 Å². The van der Waals surface area contributed by atoms with Crippen molar-refractivity contribution in [3.8, 4) is 11.5 Å². The number of benzene rings is 2. The van der Waals surface area contributed by atoms with Crippen LogP contribution in [0.25, 0.3) is 11.0 Å². The summed E-state index contributed by atoms with van der Waals surface area (Å²) in [7, 11) is 3.27. The second-order valence-electron chi connectivity index (χ2n) is 8.74. The van der Waals surface area contributed by atoms with Gasteiger partial charge in [0.05, 0.1) is 26.0 Å². The molecule has 4 aromatic rings. The number of carbonyl (C=O) groups is 1. The van der Waals surface area contributed by atoms with Crippen LogP contribution in [0, 0.1) is 0 Å². The molecule has 0 saturated heterocycles. The largest absolute Gasteiger partial charge is 0.497 e. The van der Waals surface area contributed by atoms with E-state index < -0.39 is 0 Å². The Kier molecular flexibility index (Phi) is 8.05. The third-order valence-electron chi connectivity index (χ3n) is 6.00. The monoisotopic (exact) mass is 488 g/mol. The van der Waals surface area contributed by atoms with E-state index in [1.807, 2.05) is 48.5 Å². The average molecular weight is 489 g/mol. The Morgan fingerprint density at radius 1 is 1.03 bits per heavy atom. The smallest absolute Gasteiger partial charge is 0.306 e. The van der Waals surface area contributed by atoms with E-state index in [-0.39, 0.29) is 25.0 Å². The van der Waals surface area contributed by atoms with Crippen LogP contribution in [0.4, 0.5) is 5.82 Å². The van der Waals surface area contributed by atoms with E-state index >= 15 is 0 Å². The first kappa shape index (κ1) is 25.0. The molecule has 0 fully saturated rings. The number of methoxy groups -OCH3 is 2. The van der Waals surface area contributed by atoms with Crippen molar-refractivity contribution in [3.05, 3.63) is 77.7 Å². The van der Waals surface area contributed by atoms with Crippen LogP contribution < -0.4 is 14.8 Å². The maximum Gasteiger partial charge on any atom is 0.306 e. The van der Waals surface area contributed by atoms with E-state index in [1.54, 1.807) is 20.5 Å². The van der Waals surface area contributed by atoms with Crippen molar-refractivity contribution in [2.24, 2.45) is 0 Å². The van der Waals surface area contributed by atoms with Crippen LogP contribution in [0.5, 0.6) is 11.5 Å². The van der Waals surface area contributed by atoms with Gasteiger partial charge in [-0.3, -0.25) is 4.79 Å². The van der Waals surface area contributed by atoms with Gasteiger partial charge in [0.1, 0.15) is 35.9 Å². The minimum Gasteiger partial charge on any atom is -0.497 e. The number of carbonyl (C=O) groups excluding carboxylic acids is 1. The molecule has 0 aliphatic rings. The minimum absolute atomic E-state index is 0.169. The van der Waals surface area contributed by atoms with E-state index in [9.17, 15) is 4.79 Å². The topological polar surface area (TPSA) is 87.5 Å². The van der Waals surface area contributed by atoms with Crippen LogP contribution in [-0.4, -0.2) is 34.7 Å². The molecule has 0 aliphatic carbocycles. The number of rotatable bonds is 11. The number of nitrogens with one attached hydrogen (secondary N) is 1. The molecule has 2 heterocycles. The van der Waals surface area contributed by atoms with Gasteiger partial charge < -0.3 is 24.1 Å². The minimum atomic E-state index is -0.226. The van der Waals surface area contributed by atoms with Gasteiger partial charge in [-0.15, -0.1) is 0 Å². The highest BCUT2D eigenvalue weighted by atomic mass is 16.5. The second kappa shape index (κ2) is 11.6. The Morgan fingerprint density at radius 2 is 1.83 bits per heavy atom. The molecule has 2 aromatic heterocycles. The first-order chi connectivity index (χ1) is 17.5. The van der Waals surface area contributed by atoms with Crippen molar-refractivity contribution < 1.29 is 19.0 Å². The molecular formula is C28H32N4O4. The fourth-order valence-electron chi connectivity index (χ4n) is 4.21. The van der Waals surface area contributed by atoms with Crippen LogP contribution >= 0.6 is 0 Å². The van der Waals surface area contributed by atoms with Gasteiger partial charge in [0.15, 0.2) is 0 Å². The molecule has 36 heavy (non-hydrogen) atoms. The third kappa shape index (κ3) is 5.76. The van der Waals surface area contributed by atoms with E-state index in [1.165, 1.54) is 0 Å². The van der Waals surface area contributed by atoms with Crippen molar-refractivity contribution in [3.63, 3.8) is 0 Å². The Labute approximate surface area is 211 Å². The van der Waals surface area contributed by atoms with Gasteiger partial charge in [0, 0.05) is 29.9 Å². The highest BCUT2D eigenvalue weighted by Crippen LogP contribution is 2.29. The van der Waals surface area contributed by atoms with Crippen molar-refractivity contribution in [1.29, 1.82) is 0 Å². The van der Waals surface area contributed by atoms with Crippen LogP contribution in [-0.2, 0) is 29.1 Å². The average Bonchev–Trinajstić information content (AvgIpc) is 3.29. The molecular weight excluding hydrogens is 456 g/mol. The molecule has 0 aliphatic heterocycles. The van der Waals surface area contributed by atoms with Gasteiger partial charge in [-0.1, -0.05) is 30.3 Å². The molecule has 0 radical (unpaired) electrons. The van der Waals surface area contributed by atoms with Crippen molar-refractivity contribution in [1.82, 2.24) is 14.5 Å². The zero-order valence-corrected chi connectivity index (χ0v) is 21.2. The molecule has 1 N–H and O–H groups in total. The number of fused-ring (bicyclic) bond motifs is 1. The summed E-state index contributed by atoms with van der Waals surface area (Å²) in [4.78, 5) is 21.5. The van der Waals surface area contributed by atoms with Gasteiger partial charge in [0.2, 0.25) is 0 Å². The van der Waals surface area contributed by atoms with E-state index in [4.69, 9.17) is 14.2 Å². The number of nitrogens with zero attached hydrogens (tertiary/aromatic N) is 3. The van der Waals surface area contributed by atoms with E-state index in [2.05, 4.69) is 39.8 Å². The molecule has 0 saturated carbocycles. The number of aromatic nitrogens is 3. The summed E-state index contributed by atoms with van der Waals surface area (Å²) in [6.45, 7) is 5.01. The molecule has 188 valence electrons. The van der Waals surface area contributed by atoms with Crippen molar-refractivity contribution in [2.75, 3.05) is 19.5 Å². The fourth-order valence-corrected chi connectivity index (χ4v) is 4.21.